The summed E-state index contributed by atoms with van der Waals surface area (Å²) in [6.07, 6.45) is -0.754. The highest BCUT2D eigenvalue weighted by Crippen LogP contribution is 2.49. The highest BCUT2D eigenvalue weighted by molar-refractivity contribution is 6.35. The van der Waals surface area contributed by atoms with Crippen LogP contribution in [0.2, 0.25) is 10.0 Å². The van der Waals surface area contributed by atoms with Gasteiger partial charge < -0.3 is 9.47 Å². The maximum Gasteiger partial charge on any atom is 0.338 e. The van der Waals surface area contributed by atoms with E-state index >= 15 is 0 Å². The second-order valence-electron chi connectivity index (χ2n) is 4.10. The first-order valence-corrected chi connectivity index (χ1v) is 6.15. The third-order valence-corrected chi connectivity index (χ3v) is 3.45. The quantitative estimate of drug-likeness (QED) is 0.487. The van der Waals surface area contributed by atoms with Crippen molar-refractivity contribution in [1.29, 1.82) is 0 Å². The Bertz CT molecular complexity index is 506. The highest BCUT2D eigenvalue weighted by Gasteiger charge is 2.60. The fourth-order valence-electron chi connectivity index (χ4n) is 1.81. The maximum absolute atomic E-state index is 13.4. The number of hydrogen-bond acceptors (Lipinski definition) is 3. The lowest BCUT2D eigenvalue weighted by atomic mass is 9.97. The number of rotatable bonds is 3. The first kappa shape index (κ1) is 13.6. The molecule has 1 aliphatic heterocycles. The molecule has 1 aromatic rings. The molecule has 0 spiro atoms. The van der Waals surface area contributed by atoms with Crippen LogP contribution in [0.1, 0.15) is 19.4 Å². The Morgan fingerprint density at radius 3 is 2.78 bits per heavy atom. The van der Waals surface area contributed by atoms with Gasteiger partial charge in [0.25, 0.3) is 0 Å². The molecule has 1 aromatic carbocycles. The van der Waals surface area contributed by atoms with Gasteiger partial charge in [-0.2, -0.15) is 0 Å². The normalized spacial score (nSPS) is 25.9. The Labute approximate surface area is 114 Å². The summed E-state index contributed by atoms with van der Waals surface area (Å²) in [5, 5.41) is 0.191. The number of carbonyl (C=O) groups excluding carboxylic acids is 1. The predicted octanol–water partition coefficient (Wildman–Crippen LogP) is 3.31. The van der Waals surface area contributed by atoms with Crippen LogP contribution in [-0.2, 0) is 19.9 Å². The molecule has 18 heavy (non-hydrogen) atoms. The lowest BCUT2D eigenvalue weighted by Crippen LogP contribution is -2.19. The van der Waals surface area contributed by atoms with Gasteiger partial charge in [0.05, 0.1) is 11.6 Å². The van der Waals surface area contributed by atoms with E-state index in [0.29, 0.717) is 5.56 Å². The van der Waals surface area contributed by atoms with Crippen molar-refractivity contribution in [2.45, 2.75) is 25.6 Å². The predicted molar refractivity (Wildman–Crippen MR) is 65.3 cm³/mol. The molecule has 98 valence electrons. The van der Waals surface area contributed by atoms with E-state index in [1.165, 1.54) is 12.1 Å². The van der Waals surface area contributed by atoms with Crippen molar-refractivity contribution in [3.63, 3.8) is 0 Å². The number of esters is 1. The number of epoxide rings is 1. The van der Waals surface area contributed by atoms with E-state index in [0.717, 1.165) is 0 Å². The third-order valence-electron chi connectivity index (χ3n) is 2.85. The monoisotopic (exact) mass is 292 g/mol. The van der Waals surface area contributed by atoms with Gasteiger partial charge in [-0.25, -0.2) is 9.18 Å². The van der Waals surface area contributed by atoms with Crippen LogP contribution in [0.25, 0.3) is 0 Å². The van der Waals surface area contributed by atoms with Gasteiger partial charge in [-0.3, -0.25) is 0 Å². The van der Waals surface area contributed by atoms with Crippen LogP contribution in [0.5, 0.6) is 0 Å². The van der Waals surface area contributed by atoms with Crippen molar-refractivity contribution in [2.24, 2.45) is 0 Å². The van der Waals surface area contributed by atoms with Gasteiger partial charge in [0.15, 0.2) is 6.10 Å². The minimum absolute atomic E-state index is 0.0688. The average molecular weight is 293 g/mol. The standard InChI is InChI=1S/C12H11Cl2FO3/c1-3-17-11(16)10-12(2,18-10)6-4-9(15)8(14)5-7(6)13/h4-5,10H,3H2,1-2H3. The van der Waals surface area contributed by atoms with Crippen LogP contribution in [0, 0.1) is 5.82 Å². The summed E-state index contributed by atoms with van der Waals surface area (Å²) >= 11 is 11.6. The molecule has 0 aliphatic carbocycles. The van der Waals surface area contributed by atoms with Crippen molar-refractivity contribution in [2.75, 3.05) is 6.61 Å². The summed E-state index contributed by atoms with van der Waals surface area (Å²) < 4.78 is 23.6. The molecule has 0 radical (unpaired) electrons. The molecule has 2 atom stereocenters. The van der Waals surface area contributed by atoms with E-state index in [-0.39, 0.29) is 16.7 Å². The molecule has 0 aromatic heterocycles. The largest absolute Gasteiger partial charge is 0.464 e. The second-order valence-corrected chi connectivity index (χ2v) is 4.92. The van der Waals surface area contributed by atoms with Gasteiger partial charge in [-0.05, 0) is 26.0 Å². The number of hydrogen-bond donors (Lipinski definition) is 0. The Morgan fingerprint density at radius 1 is 1.50 bits per heavy atom. The lowest BCUT2D eigenvalue weighted by molar-refractivity contribution is -0.144. The molecular weight excluding hydrogens is 282 g/mol. The fraction of sp³-hybridized carbons (Fsp3) is 0.417. The number of benzene rings is 1. The highest BCUT2D eigenvalue weighted by atomic mass is 35.5. The van der Waals surface area contributed by atoms with Crippen LogP contribution >= 0.6 is 23.2 Å². The van der Waals surface area contributed by atoms with E-state index in [1.54, 1.807) is 13.8 Å². The number of ether oxygens (including phenoxy) is 2. The molecule has 6 heteroatoms. The van der Waals surface area contributed by atoms with Gasteiger partial charge in [-0.15, -0.1) is 0 Å². The smallest absolute Gasteiger partial charge is 0.338 e. The summed E-state index contributed by atoms with van der Waals surface area (Å²) in [5.74, 6) is -1.08. The van der Waals surface area contributed by atoms with Crippen LogP contribution in [0.3, 0.4) is 0 Å². The molecular formula is C12H11Cl2FO3. The molecule has 0 amide bonds. The van der Waals surface area contributed by atoms with Gasteiger partial charge >= 0.3 is 5.97 Å². The van der Waals surface area contributed by atoms with Gasteiger partial charge in [-0.1, -0.05) is 23.2 Å². The van der Waals surface area contributed by atoms with Crippen molar-refractivity contribution >= 4 is 29.2 Å². The first-order valence-electron chi connectivity index (χ1n) is 5.39. The molecule has 1 saturated heterocycles. The number of halogens is 3. The topological polar surface area (TPSA) is 38.8 Å². The zero-order valence-corrected chi connectivity index (χ0v) is 11.3. The summed E-state index contributed by atoms with van der Waals surface area (Å²) in [7, 11) is 0. The van der Waals surface area contributed by atoms with Gasteiger partial charge in [0.1, 0.15) is 11.4 Å². The Balaban J connectivity index is 2.29. The van der Waals surface area contributed by atoms with E-state index in [9.17, 15) is 9.18 Å². The summed E-state index contributed by atoms with van der Waals surface area (Å²) in [6.45, 7) is 3.62. The Kier molecular flexibility index (Phi) is 3.54. The van der Waals surface area contributed by atoms with Crippen molar-refractivity contribution < 1.29 is 18.7 Å². The second kappa shape index (κ2) is 4.68. The lowest BCUT2D eigenvalue weighted by Gasteiger charge is -2.10. The molecule has 2 unspecified atom stereocenters. The van der Waals surface area contributed by atoms with Crippen LogP contribution in [0.15, 0.2) is 12.1 Å². The molecule has 3 nitrogen and oxygen atoms in total. The van der Waals surface area contributed by atoms with Gasteiger partial charge in [0, 0.05) is 10.6 Å². The maximum atomic E-state index is 13.4. The molecule has 1 heterocycles. The molecule has 1 aliphatic rings. The fourth-order valence-corrected chi connectivity index (χ4v) is 2.38. The molecule has 2 rings (SSSR count). The first-order chi connectivity index (χ1) is 8.40. The minimum Gasteiger partial charge on any atom is -0.464 e. The summed E-state index contributed by atoms with van der Waals surface area (Å²) in [6, 6.07) is 2.48. The van der Waals surface area contributed by atoms with Crippen LogP contribution in [-0.4, -0.2) is 18.7 Å². The summed E-state index contributed by atoms with van der Waals surface area (Å²) in [5.41, 5.74) is -0.557. The van der Waals surface area contributed by atoms with Crippen LogP contribution in [0.4, 0.5) is 4.39 Å². The minimum atomic E-state index is -0.950. The average Bonchev–Trinajstić information content (AvgIpc) is 2.98. The summed E-state index contributed by atoms with van der Waals surface area (Å²) in [4.78, 5) is 11.5. The van der Waals surface area contributed by atoms with Crippen molar-refractivity contribution in [1.82, 2.24) is 0 Å². The molecule has 0 saturated carbocycles. The van der Waals surface area contributed by atoms with Crippen molar-refractivity contribution in [3.05, 3.63) is 33.6 Å². The third kappa shape index (κ3) is 2.20. The van der Waals surface area contributed by atoms with E-state index < -0.39 is 23.5 Å². The SMILES string of the molecule is CCOC(=O)C1OC1(C)c1cc(F)c(Cl)cc1Cl. The zero-order chi connectivity index (χ0) is 13.5. The van der Waals surface area contributed by atoms with E-state index in [2.05, 4.69) is 0 Å². The number of carbonyl (C=O) groups is 1. The van der Waals surface area contributed by atoms with E-state index in [4.69, 9.17) is 32.7 Å². The zero-order valence-electron chi connectivity index (χ0n) is 9.80. The Hall–Kier alpha value is -0.840. The molecule has 0 bridgehead atoms. The van der Waals surface area contributed by atoms with Crippen molar-refractivity contribution in [3.8, 4) is 0 Å². The van der Waals surface area contributed by atoms with Crippen LogP contribution < -0.4 is 0 Å². The molecule has 1 fully saturated rings. The molecule has 0 N–H and O–H groups in total. The van der Waals surface area contributed by atoms with E-state index in [1.807, 2.05) is 0 Å². The van der Waals surface area contributed by atoms with Gasteiger partial charge in [0.2, 0.25) is 0 Å². The Morgan fingerprint density at radius 2 is 2.17 bits per heavy atom.